The Kier molecular flexibility index (Phi) is 7.04. The lowest BCUT2D eigenvalue weighted by Crippen LogP contribution is -2.55. The number of hydrogen-bond acceptors (Lipinski definition) is 6. The number of hydrogen-bond donors (Lipinski definition) is 2. The van der Waals surface area contributed by atoms with E-state index in [0.717, 1.165) is 0 Å². The van der Waals surface area contributed by atoms with Crippen LogP contribution >= 0.6 is 0 Å². The van der Waals surface area contributed by atoms with Gasteiger partial charge in [-0.25, -0.2) is 15.2 Å². The Morgan fingerprint density at radius 3 is 2.37 bits per heavy atom. The molecule has 27 heavy (non-hydrogen) atoms. The van der Waals surface area contributed by atoms with Gasteiger partial charge in [0.25, 0.3) is 0 Å². The van der Waals surface area contributed by atoms with E-state index in [0.29, 0.717) is 44.1 Å². The highest BCUT2D eigenvalue weighted by atomic mass is 16.6. The van der Waals surface area contributed by atoms with Gasteiger partial charge in [0.2, 0.25) is 0 Å². The molecule has 1 aliphatic rings. The number of piperazine rings is 1. The summed E-state index contributed by atoms with van der Waals surface area (Å²) in [6.45, 7) is 9.72. The summed E-state index contributed by atoms with van der Waals surface area (Å²) >= 11 is 0. The van der Waals surface area contributed by atoms with E-state index in [1.165, 1.54) is 0 Å². The van der Waals surface area contributed by atoms with E-state index in [9.17, 15) is 14.7 Å². The van der Waals surface area contributed by atoms with E-state index in [4.69, 9.17) is 9.47 Å². The summed E-state index contributed by atoms with van der Waals surface area (Å²) in [5, 5.41) is 11.5. The number of carboxylic acid groups (broad SMARTS) is 1. The number of para-hydroxylation sites is 1. The van der Waals surface area contributed by atoms with E-state index in [2.05, 4.69) is 5.43 Å². The third-order valence-electron chi connectivity index (χ3n) is 4.02. The third kappa shape index (κ3) is 6.11. The summed E-state index contributed by atoms with van der Waals surface area (Å²) in [6.07, 6.45) is -0.348. The van der Waals surface area contributed by atoms with Crippen LogP contribution in [-0.4, -0.2) is 65.5 Å². The van der Waals surface area contributed by atoms with Crippen molar-refractivity contribution in [2.75, 3.05) is 32.8 Å². The topological polar surface area (TPSA) is 91.3 Å². The van der Waals surface area contributed by atoms with Gasteiger partial charge in [0.05, 0.1) is 6.61 Å². The second-order valence-electron chi connectivity index (χ2n) is 7.33. The van der Waals surface area contributed by atoms with Crippen LogP contribution in [0.3, 0.4) is 0 Å². The molecule has 1 amide bonds. The highest BCUT2D eigenvalue weighted by molar-refractivity contribution is 5.76. The van der Waals surface area contributed by atoms with Gasteiger partial charge in [-0.05, 0) is 33.8 Å². The van der Waals surface area contributed by atoms with Crippen molar-refractivity contribution in [1.29, 1.82) is 0 Å². The Balaban J connectivity index is 2.00. The van der Waals surface area contributed by atoms with Crippen molar-refractivity contribution in [2.24, 2.45) is 0 Å². The predicted octanol–water partition coefficient (Wildman–Crippen LogP) is 2.27. The quantitative estimate of drug-likeness (QED) is 0.783. The van der Waals surface area contributed by atoms with Crippen LogP contribution in [0.1, 0.15) is 39.3 Å². The van der Waals surface area contributed by atoms with Gasteiger partial charge < -0.3 is 19.5 Å². The number of hydrazine groups is 1. The molecule has 0 saturated carbocycles. The van der Waals surface area contributed by atoms with Crippen LogP contribution in [0.5, 0.6) is 5.75 Å². The number of nitrogens with one attached hydrogen (secondary N) is 1. The van der Waals surface area contributed by atoms with Crippen molar-refractivity contribution in [3.8, 4) is 5.75 Å². The first-order valence-electron chi connectivity index (χ1n) is 9.15. The Labute approximate surface area is 160 Å². The molecule has 0 aromatic heterocycles. The fourth-order valence-corrected chi connectivity index (χ4v) is 2.79. The fraction of sp³-hybridized carbons (Fsp3) is 0.579. The molecule has 1 aliphatic heterocycles. The van der Waals surface area contributed by atoms with E-state index in [-0.39, 0.29) is 6.09 Å². The first-order valence-corrected chi connectivity index (χ1v) is 9.15. The van der Waals surface area contributed by atoms with E-state index >= 15 is 0 Å². The van der Waals surface area contributed by atoms with Crippen molar-refractivity contribution in [1.82, 2.24) is 15.3 Å². The van der Waals surface area contributed by atoms with Gasteiger partial charge in [0.1, 0.15) is 17.4 Å². The molecular formula is C19H29N3O5. The van der Waals surface area contributed by atoms with Gasteiger partial charge >= 0.3 is 12.1 Å². The minimum atomic E-state index is -0.989. The average Bonchev–Trinajstić information content (AvgIpc) is 2.59. The Hall–Kier alpha value is -2.32. The number of amides is 1. The normalized spacial score (nSPS) is 16.7. The van der Waals surface area contributed by atoms with Crippen molar-refractivity contribution in [2.45, 2.75) is 39.3 Å². The SMILES string of the molecule is CCOc1ccccc1C(NN1CCN(C(=O)OC(C)(C)C)CC1)C(=O)O. The molecule has 8 nitrogen and oxygen atoms in total. The number of carbonyl (C=O) groups excluding carboxylic acids is 1. The maximum atomic E-state index is 12.1. The standard InChI is InChI=1S/C19H29N3O5/c1-5-26-15-9-7-6-8-14(15)16(17(23)24)20-22-12-10-21(11-13-22)18(25)27-19(2,3)4/h6-9,16,20H,5,10-13H2,1-4H3,(H,23,24). The van der Waals surface area contributed by atoms with Crippen molar-refractivity contribution >= 4 is 12.1 Å². The minimum Gasteiger partial charge on any atom is -0.494 e. The molecule has 1 fully saturated rings. The van der Waals surface area contributed by atoms with E-state index < -0.39 is 17.6 Å². The highest BCUT2D eigenvalue weighted by Gasteiger charge is 2.30. The summed E-state index contributed by atoms with van der Waals surface area (Å²) in [5.74, 6) is -0.441. The van der Waals surface area contributed by atoms with Gasteiger partial charge in [0.15, 0.2) is 0 Å². The number of ether oxygens (including phenoxy) is 2. The number of benzene rings is 1. The maximum absolute atomic E-state index is 12.1. The Bertz CT molecular complexity index is 651. The lowest BCUT2D eigenvalue weighted by molar-refractivity contribution is -0.141. The molecule has 1 aromatic carbocycles. The Morgan fingerprint density at radius 2 is 1.81 bits per heavy atom. The predicted molar refractivity (Wildman–Crippen MR) is 101 cm³/mol. The molecule has 1 atom stereocenters. The molecule has 1 heterocycles. The van der Waals surface area contributed by atoms with Crippen molar-refractivity contribution < 1.29 is 24.2 Å². The molecule has 0 aliphatic carbocycles. The lowest BCUT2D eigenvalue weighted by Gasteiger charge is -2.37. The fourth-order valence-electron chi connectivity index (χ4n) is 2.79. The van der Waals surface area contributed by atoms with Crippen LogP contribution in [-0.2, 0) is 9.53 Å². The Morgan fingerprint density at radius 1 is 1.19 bits per heavy atom. The molecule has 0 radical (unpaired) electrons. The van der Waals surface area contributed by atoms with Crippen LogP contribution in [0, 0.1) is 0 Å². The summed E-state index contributed by atoms with van der Waals surface area (Å²) < 4.78 is 10.9. The molecule has 8 heteroatoms. The molecule has 2 N–H and O–H groups in total. The van der Waals surface area contributed by atoms with Crippen LogP contribution in [0.25, 0.3) is 0 Å². The van der Waals surface area contributed by atoms with Crippen LogP contribution in [0.2, 0.25) is 0 Å². The second-order valence-corrected chi connectivity index (χ2v) is 7.33. The molecule has 0 spiro atoms. The largest absolute Gasteiger partial charge is 0.494 e. The maximum Gasteiger partial charge on any atom is 0.410 e. The first-order chi connectivity index (χ1) is 12.7. The monoisotopic (exact) mass is 379 g/mol. The zero-order valence-corrected chi connectivity index (χ0v) is 16.4. The van der Waals surface area contributed by atoms with Gasteiger partial charge in [-0.1, -0.05) is 18.2 Å². The van der Waals surface area contributed by atoms with Crippen LogP contribution < -0.4 is 10.2 Å². The molecule has 150 valence electrons. The summed E-state index contributed by atoms with van der Waals surface area (Å²) in [6, 6.07) is 6.17. The summed E-state index contributed by atoms with van der Waals surface area (Å²) in [7, 11) is 0. The number of nitrogens with zero attached hydrogens (tertiary/aromatic N) is 2. The number of aliphatic carboxylic acids is 1. The number of rotatable bonds is 6. The molecule has 0 bridgehead atoms. The summed E-state index contributed by atoms with van der Waals surface area (Å²) in [5.41, 5.74) is 3.09. The molecule has 2 rings (SSSR count). The van der Waals surface area contributed by atoms with Crippen LogP contribution in [0.15, 0.2) is 24.3 Å². The van der Waals surface area contributed by atoms with E-state index in [1.807, 2.05) is 38.8 Å². The lowest BCUT2D eigenvalue weighted by atomic mass is 10.1. The van der Waals surface area contributed by atoms with Crippen molar-refractivity contribution in [3.05, 3.63) is 29.8 Å². The van der Waals surface area contributed by atoms with E-state index in [1.54, 1.807) is 23.1 Å². The molecule has 1 saturated heterocycles. The van der Waals surface area contributed by atoms with Crippen molar-refractivity contribution in [3.63, 3.8) is 0 Å². The summed E-state index contributed by atoms with van der Waals surface area (Å²) in [4.78, 5) is 25.6. The van der Waals surface area contributed by atoms with Gasteiger partial charge in [-0.2, -0.15) is 0 Å². The highest BCUT2D eigenvalue weighted by Crippen LogP contribution is 2.26. The van der Waals surface area contributed by atoms with Crippen LogP contribution in [0.4, 0.5) is 4.79 Å². The molecular weight excluding hydrogens is 350 g/mol. The number of carboxylic acids is 1. The minimum absolute atomic E-state index is 0.348. The molecule has 1 aromatic rings. The van der Waals surface area contributed by atoms with Gasteiger partial charge in [-0.3, -0.25) is 4.79 Å². The van der Waals surface area contributed by atoms with Gasteiger partial charge in [0, 0.05) is 31.7 Å². The second kappa shape index (κ2) is 9.05. The number of carbonyl (C=O) groups is 2. The zero-order chi connectivity index (χ0) is 20.0. The smallest absolute Gasteiger partial charge is 0.410 e. The zero-order valence-electron chi connectivity index (χ0n) is 16.4. The third-order valence-corrected chi connectivity index (χ3v) is 4.02. The molecule has 1 unspecified atom stereocenters. The van der Waals surface area contributed by atoms with Gasteiger partial charge in [-0.15, -0.1) is 0 Å². The average molecular weight is 379 g/mol. The first kappa shape index (κ1) is 21.0.